The Morgan fingerprint density at radius 1 is 0.619 bits per heavy atom. The molecule has 0 nitrogen and oxygen atoms in total. The summed E-state index contributed by atoms with van der Waals surface area (Å²) in [4.78, 5) is 0. The van der Waals surface area contributed by atoms with Crippen molar-refractivity contribution in [2.45, 2.75) is 0 Å². The molecule has 0 aliphatic heterocycles. The molecule has 0 aromatic heterocycles. The number of hydrogen-bond donors (Lipinski definition) is 0. The third-order valence-corrected chi connectivity index (χ3v) is 4.40. The lowest BCUT2D eigenvalue weighted by atomic mass is 9.97. The van der Waals surface area contributed by atoms with E-state index < -0.39 is 0 Å². The van der Waals surface area contributed by atoms with Crippen LogP contribution in [0.2, 0.25) is 0 Å². The lowest BCUT2D eigenvalue weighted by Gasteiger charge is -2.06. The van der Waals surface area contributed by atoms with Crippen molar-refractivity contribution in [2.24, 2.45) is 0 Å². The average Bonchev–Trinajstić information content (AvgIpc) is 2.67. The van der Waals surface area contributed by atoms with Gasteiger partial charge in [-0.3, -0.25) is 0 Å². The third kappa shape index (κ3) is 2.05. The maximum absolute atomic E-state index is 3.59. The maximum atomic E-state index is 3.59. The predicted octanol–water partition coefficient (Wildman–Crippen LogP) is 5.91. The molecular formula is C20H13Br. The number of rotatable bonds is 0. The number of fused-ring (bicyclic) bond motifs is 3. The molecule has 0 amide bonds. The molecule has 2 aromatic carbocycles. The molecule has 0 bridgehead atoms. The van der Waals surface area contributed by atoms with Crippen LogP contribution in [0.1, 0.15) is 11.1 Å². The molecule has 4 rings (SSSR count). The van der Waals surface area contributed by atoms with Gasteiger partial charge in [0, 0.05) is 4.47 Å². The van der Waals surface area contributed by atoms with Crippen molar-refractivity contribution in [2.75, 3.05) is 0 Å². The number of halogens is 1. The van der Waals surface area contributed by atoms with Crippen LogP contribution in [0, 0.1) is 0 Å². The zero-order chi connectivity index (χ0) is 14.2. The summed E-state index contributed by atoms with van der Waals surface area (Å²) in [5, 5.41) is 0. The molecule has 0 saturated carbocycles. The van der Waals surface area contributed by atoms with E-state index in [2.05, 4.69) is 94.9 Å². The Morgan fingerprint density at radius 2 is 1.29 bits per heavy atom. The van der Waals surface area contributed by atoms with E-state index in [0.29, 0.717) is 0 Å². The first-order valence-corrected chi connectivity index (χ1v) is 7.79. The minimum absolute atomic E-state index is 1.12. The van der Waals surface area contributed by atoms with Gasteiger partial charge in [-0.15, -0.1) is 0 Å². The summed E-state index contributed by atoms with van der Waals surface area (Å²) < 4.78 is 1.12. The van der Waals surface area contributed by atoms with Crippen LogP contribution in [0.25, 0.3) is 16.7 Å². The van der Waals surface area contributed by atoms with E-state index in [1.54, 1.807) is 0 Å². The highest BCUT2D eigenvalue weighted by atomic mass is 79.9. The van der Waals surface area contributed by atoms with Gasteiger partial charge in [0.15, 0.2) is 0 Å². The van der Waals surface area contributed by atoms with Gasteiger partial charge in [-0.2, -0.15) is 0 Å². The average molecular weight is 333 g/mol. The molecule has 2 aliphatic carbocycles. The smallest absolute Gasteiger partial charge is 0.0181 e. The van der Waals surface area contributed by atoms with Crippen molar-refractivity contribution in [3.63, 3.8) is 0 Å². The highest BCUT2D eigenvalue weighted by molar-refractivity contribution is 9.10. The summed E-state index contributed by atoms with van der Waals surface area (Å²) in [5.41, 5.74) is 7.83. The number of hydrogen-bond acceptors (Lipinski definition) is 0. The standard InChI is InChI=1S/C20H13Br/c21-15-11-12-18-19(13-15)16-9-5-6-10-17(16)20(18)14-7-3-1-2-4-8-14/h1-13H. The van der Waals surface area contributed by atoms with E-state index >= 15 is 0 Å². The molecule has 0 radical (unpaired) electrons. The topological polar surface area (TPSA) is 0 Å². The molecule has 21 heavy (non-hydrogen) atoms. The molecule has 0 atom stereocenters. The monoisotopic (exact) mass is 332 g/mol. The first-order valence-electron chi connectivity index (χ1n) is 7.00. The Morgan fingerprint density at radius 3 is 2.05 bits per heavy atom. The van der Waals surface area contributed by atoms with Gasteiger partial charge in [0.05, 0.1) is 0 Å². The quantitative estimate of drug-likeness (QED) is 0.479. The van der Waals surface area contributed by atoms with Crippen molar-refractivity contribution >= 4 is 21.5 Å². The minimum Gasteiger partial charge on any atom is -0.0622 e. The molecule has 2 aliphatic rings. The SMILES string of the molecule is Brc1ccc2c(c1)-c1ccccc1C2=C1C=CC=CC=C1. The molecular weight excluding hydrogens is 320 g/mol. The summed E-state index contributed by atoms with van der Waals surface area (Å²) in [6.07, 6.45) is 12.7. The van der Waals surface area contributed by atoms with E-state index in [9.17, 15) is 0 Å². The largest absolute Gasteiger partial charge is 0.0622 e. The van der Waals surface area contributed by atoms with Gasteiger partial charge >= 0.3 is 0 Å². The summed E-state index contributed by atoms with van der Waals surface area (Å²) in [5.74, 6) is 0. The highest BCUT2D eigenvalue weighted by Gasteiger charge is 2.24. The zero-order valence-electron chi connectivity index (χ0n) is 11.4. The molecule has 100 valence electrons. The van der Waals surface area contributed by atoms with E-state index in [0.717, 1.165) is 4.47 Å². The molecule has 1 heteroatoms. The normalized spacial score (nSPS) is 15.1. The van der Waals surface area contributed by atoms with Gasteiger partial charge in [-0.25, -0.2) is 0 Å². The zero-order valence-corrected chi connectivity index (χ0v) is 13.0. The maximum Gasteiger partial charge on any atom is 0.0181 e. The van der Waals surface area contributed by atoms with E-state index in [1.165, 1.54) is 33.4 Å². The van der Waals surface area contributed by atoms with Crippen LogP contribution in [0.4, 0.5) is 0 Å². The van der Waals surface area contributed by atoms with Gasteiger partial charge in [-0.1, -0.05) is 82.7 Å². The first-order chi connectivity index (χ1) is 10.3. The fraction of sp³-hybridized carbons (Fsp3) is 0. The highest BCUT2D eigenvalue weighted by Crippen LogP contribution is 2.46. The third-order valence-electron chi connectivity index (χ3n) is 3.91. The number of allylic oxidation sites excluding steroid dienone is 7. The molecule has 0 saturated heterocycles. The minimum atomic E-state index is 1.12. The summed E-state index contributed by atoms with van der Waals surface area (Å²) in [6.45, 7) is 0. The van der Waals surface area contributed by atoms with Gasteiger partial charge in [0.2, 0.25) is 0 Å². The lowest BCUT2D eigenvalue weighted by Crippen LogP contribution is -1.86. The van der Waals surface area contributed by atoms with E-state index in [-0.39, 0.29) is 0 Å². The van der Waals surface area contributed by atoms with Crippen molar-refractivity contribution in [1.82, 2.24) is 0 Å². The van der Waals surface area contributed by atoms with Crippen molar-refractivity contribution in [3.05, 3.63) is 100 Å². The Bertz CT molecular complexity index is 830. The molecule has 0 spiro atoms. The lowest BCUT2D eigenvalue weighted by molar-refractivity contribution is 1.59. The first kappa shape index (κ1) is 12.6. The Labute approximate surface area is 133 Å². The molecule has 0 fully saturated rings. The van der Waals surface area contributed by atoms with Crippen LogP contribution < -0.4 is 0 Å². The van der Waals surface area contributed by atoms with Crippen LogP contribution >= 0.6 is 15.9 Å². The predicted molar refractivity (Wildman–Crippen MR) is 93.0 cm³/mol. The van der Waals surface area contributed by atoms with Crippen LogP contribution in [0.5, 0.6) is 0 Å². The van der Waals surface area contributed by atoms with Gasteiger partial charge in [0.25, 0.3) is 0 Å². The molecule has 0 N–H and O–H groups in total. The van der Waals surface area contributed by atoms with E-state index in [4.69, 9.17) is 0 Å². The fourth-order valence-corrected chi connectivity index (χ4v) is 3.38. The molecule has 0 unspecified atom stereocenters. The second kappa shape index (κ2) is 5.01. The van der Waals surface area contributed by atoms with Crippen LogP contribution in [0.3, 0.4) is 0 Å². The van der Waals surface area contributed by atoms with Crippen molar-refractivity contribution in [1.29, 1.82) is 0 Å². The Kier molecular flexibility index (Phi) is 3.01. The van der Waals surface area contributed by atoms with Crippen molar-refractivity contribution in [3.8, 4) is 11.1 Å². The summed E-state index contributed by atoms with van der Waals surface area (Å²) in [6, 6.07) is 15.2. The van der Waals surface area contributed by atoms with Crippen LogP contribution in [-0.4, -0.2) is 0 Å². The second-order valence-electron chi connectivity index (χ2n) is 5.17. The van der Waals surface area contributed by atoms with Gasteiger partial charge in [-0.05, 0) is 45.5 Å². The fourth-order valence-electron chi connectivity index (χ4n) is 3.02. The van der Waals surface area contributed by atoms with Crippen LogP contribution in [0.15, 0.2) is 89.0 Å². The molecule has 0 heterocycles. The Hall–Kier alpha value is -2.12. The Balaban J connectivity index is 2.08. The molecule has 2 aromatic rings. The summed E-state index contributed by atoms with van der Waals surface area (Å²) >= 11 is 3.59. The van der Waals surface area contributed by atoms with E-state index in [1.807, 2.05) is 0 Å². The summed E-state index contributed by atoms with van der Waals surface area (Å²) in [7, 11) is 0. The van der Waals surface area contributed by atoms with Crippen LogP contribution in [-0.2, 0) is 0 Å². The second-order valence-corrected chi connectivity index (χ2v) is 6.08. The number of benzene rings is 2. The van der Waals surface area contributed by atoms with Gasteiger partial charge < -0.3 is 0 Å². The van der Waals surface area contributed by atoms with Crippen molar-refractivity contribution < 1.29 is 0 Å². The van der Waals surface area contributed by atoms with Gasteiger partial charge in [0.1, 0.15) is 0 Å².